The van der Waals surface area contributed by atoms with Crippen LogP contribution in [-0.4, -0.2) is 29.8 Å². The molecule has 0 unspecified atom stereocenters. The van der Waals surface area contributed by atoms with E-state index >= 15 is 0 Å². The van der Waals surface area contributed by atoms with Gasteiger partial charge in [-0.25, -0.2) is 13.4 Å². The molecule has 9 heteroatoms. The van der Waals surface area contributed by atoms with Crippen molar-refractivity contribution in [3.8, 4) is 0 Å². The minimum Gasteiger partial charge on any atom is -0.262 e. The van der Waals surface area contributed by atoms with Crippen molar-refractivity contribution in [3.05, 3.63) is 22.2 Å². The highest BCUT2D eigenvalue weighted by molar-refractivity contribution is 7.99. The van der Waals surface area contributed by atoms with E-state index in [-0.39, 0.29) is 17.3 Å². The van der Waals surface area contributed by atoms with Gasteiger partial charge >= 0.3 is 5.69 Å². The fraction of sp³-hybridized carbons (Fsp3) is 0.444. The van der Waals surface area contributed by atoms with Crippen LogP contribution in [0.5, 0.6) is 0 Å². The van der Waals surface area contributed by atoms with Gasteiger partial charge in [-0.1, -0.05) is 6.92 Å². The van der Waals surface area contributed by atoms with Crippen molar-refractivity contribution >= 4 is 33.3 Å². The number of anilines is 1. The molecule has 0 atom stereocenters. The number of nitro groups is 1. The number of nitrogens with zero attached hydrogens (tertiary/aromatic N) is 2. The lowest BCUT2D eigenvalue weighted by molar-refractivity contribution is -0.384. The zero-order chi connectivity index (χ0) is 13.8. The van der Waals surface area contributed by atoms with E-state index in [4.69, 9.17) is 0 Å². The molecule has 1 aromatic rings. The van der Waals surface area contributed by atoms with Gasteiger partial charge in [-0.15, -0.1) is 11.8 Å². The van der Waals surface area contributed by atoms with Crippen molar-refractivity contribution < 1.29 is 13.3 Å². The molecule has 1 aromatic heterocycles. The number of sulfonamides is 1. The van der Waals surface area contributed by atoms with Crippen molar-refractivity contribution in [2.75, 3.05) is 16.2 Å². The van der Waals surface area contributed by atoms with Gasteiger partial charge in [0.05, 0.1) is 15.7 Å². The highest BCUT2D eigenvalue weighted by Gasteiger charge is 2.20. The first kappa shape index (κ1) is 14.7. The van der Waals surface area contributed by atoms with Gasteiger partial charge in [0.25, 0.3) is 0 Å². The summed E-state index contributed by atoms with van der Waals surface area (Å²) in [5.74, 6) is 0.335. The van der Waals surface area contributed by atoms with E-state index < -0.39 is 14.9 Å². The second-order valence-electron chi connectivity index (χ2n) is 3.21. The maximum Gasteiger partial charge on any atom is 0.312 e. The third-order valence-corrected chi connectivity index (χ3v) is 4.05. The van der Waals surface area contributed by atoms with Gasteiger partial charge in [0.2, 0.25) is 15.8 Å². The van der Waals surface area contributed by atoms with Gasteiger partial charge in [0, 0.05) is 6.07 Å². The number of pyridine rings is 1. The van der Waals surface area contributed by atoms with Crippen LogP contribution in [0.4, 0.5) is 11.5 Å². The summed E-state index contributed by atoms with van der Waals surface area (Å²) in [7, 11) is -3.59. The Morgan fingerprint density at radius 2 is 2.11 bits per heavy atom. The molecule has 0 radical (unpaired) electrons. The molecule has 18 heavy (non-hydrogen) atoms. The Morgan fingerprint density at radius 1 is 1.44 bits per heavy atom. The van der Waals surface area contributed by atoms with Crippen LogP contribution in [0.15, 0.2) is 17.2 Å². The molecular weight excluding hydrogens is 278 g/mol. The Labute approximate surface area is 109 Å². The van der Waals surface area contributed by atoms with Gasteiger partial charge in [0.1, 0.15) is 0 Å². The molecule has 1 heterocycles. The van der Waals surface area contributed by atoms with E-state index in [9.17, 15) is 18.5 Å². The smallest absolute Gasteiger partial charge is 0.262 e. The molecule has 0 saturated carbocycles. The van der Waals surface area contributed by atoms with E-state index in [0.717, 1.165) is 5.75 Å². The topological polar surface area (TPSA) is 102 Å². The highest BCUT2D eigenvalue weighted by atomic mass is 32.2. The van der Waals surface area contributed by atoms with E-state index in [2.05, 4.69) is 9.71 Å². The Kier molecular flexibility index (Phi) is 4.91. The standard InChI is InChI=1S/C9H13N3O4S2/c1-3-17-8-6-5-7(12(13)14)9(10-8)11-18(15,16)4-2/h5-6H,3-4H2,1-2H3,(H,10,11). The second kappa shape index (κ2) is 6.01. The predicted octanol–water partition coefficient (Wildman–Crippen LogP) is 1.86. The van der Waals surface area contributed by atoms with Crippen LogP contribution < -0.4 is 4.72 Å². The van der Waals surface area contributed by atoms with Crippen LogP contribution in [0, 0.1) is 10.1 Å². The number of hydrogen-bond donors (Lipinski definition) is 1. The maximum atomic E-state index is 11.4. The van der Waals surface area contributed by atoms with Crippen LogP contribution in [-0.2, 0) is 10.0 Å². The fourth-order valence-electron chi connectivity index (χ4n) is 1.10. The monoisotopic (exact) mass is 291 g/mol. The number of aromatic nitrogens is 1. The van der Waals surface area contributed by atoms with Crippen molar-refractivity contribution in [1.29, 1.82) is 0 Å². The molecule has 0 aliphatic rings. The van der Waals surface area contributed by atoms with E-state index in [1.807, 2.05) is 6.92 Å². The third-order valence-electron chi connectivity index (χ3n) is 1.97. The summed E-state index contributed by atoms with van der Waals surface area (Å²) in [4.78, 5) is 14.1. The Balaban J connectivity index is 3.19. The molecule has 0 bridgehead atoms. The average Bonchev–Trinajstić information content (AvgIpc) is 2.29. The van der Waals surface area contributed by atoms with Crippen molar-refractivity contribution in [1.82, 2.24) is 4.98 Å². The molecule has 7 nitrogen and oxygen atoms in total. The highest BCUT2D eigenvalue weighted by Crippen LogP contribution is 2.26. The normalized spacial score (nSPS) is 11.2. The number of nitrogens with one attached hydrogen (secondary N) is 1. The SMILES string of the molecule is CCSc1ccc([N+](=O)[O-])c(NS(=O)(=O)CC)n1. The van der Waals surface area contributed by atoms with Gasteiger partial charge < -0.3 is 0 Å². The average molecular weight is 291 g/mol. The summed E-state index contributed by atoms with van der Waals surface area (Å²) in [6, 6.07) is 2.74. The van der Waals surface area contributed by atoms with Gasteiger partial charge in [-0.2, -0.15) is 0 Å². The van der Waals surface area contributed by atoms with Gasteiger partial charge in [0.15, 0.2) is 0 Å². The molecule has 0 aliphatic heterocycles. The van der Waals surface area contributed by atoms with E-state index in [1.165, 1.54) is 30.8 Å². The van der Waals surface area contributed by atoms with E-state index in [1.54, 1.807) is 0 Å². The van der Waals surface area contributed by atoms with Gasteiger partial charge in [-0.05, 0) is 18.7 Å². The fourth-order valence-corrected chi connectivity index (χ4v) is 2.31. The molecule has 0 amide bonds. The van der Waals surface area contributed by atoms with Crippen LogP contribution >= 0.6 is 11.8 Å². The Bertz CT molecular complexity index is 545. The Morgan fingerprint density at radius 3 is 2.61 bits per heavy atom. The van der Waals surface area contributed by atoms with Crippen LogP contribution in [0.3, 0.4) is 0 Å². The van der Waals surface area contributed by atoms with Crippen LogP contribution in [0.2, 0.25) is 0 Å². The largest absolute Gasteiger partial charge is 0.312 e. The molecular formula is C9H13N3O4S2. The van der Waals surface area contributed by atoms with Gasteiger partial charge in [-0.3, -0.25) is 14.8 Å². The zero-order valence-electron chi connectivity index (χ0n) is 9.91. The lowest BCUT2D eigenvalue weighted by Crippen LogP contribution is -2.16. The molecule has 0 aromatic carbocycles. The first-order valence-electron chi connectivity index (χ1n) is 5.18. The summed E-state index contributed by atoms with van der Waals surface area (Å²) in [5.41, 5.74) is -0.354. The zero-order valence-corrected chi connectivity index (χ0v) is 11.5. The summed E-state index contributed by atoms with van der Waals surface area (Å²) >= 11 is 1.37. The minimum atomic E-state index is -3.59. The summed E-state index contributed by atoms with van der Waals surface area (Å²) < 4.78 is 25.0. The molecule has 0 aliphatic carbocycles. The predicted molar refractivity (Wildman–Crippen MR) is 70.4 cm³/mol. The number of rotatable bonds is 6. The quantitative estimate of drug-likeness (QED) is 0.487. The van der Waals surface area contributed by atoms with Crippen molar-refractivity contribution in [3.63, 3.8) is 0 Å². The first-order chi connectivity index (χ1) is 8.39. The first-order valence-corrected chi connectivity index (χ1v) is 7.82. The molecule has 0 fully saturated rings. The lowest BCUT2D eigenvalue weighted by Gasteiger charge is -2.07. The molecule has 1 N–H and O–H groups in total. The molecule has 0 saturated heterocycles. The molecule has 100 valence electrons. The summed E-state index contributed by atoms with van der Waals surface area (Å²) in [6.45, 7) is 3.35. The maximum absolute atomic E-state index is 11.4. The van der Waals surface area contributed by atoms with Crippen LogP contribution in [0.1, 0.15) is 13.8 Å². The summed E-state index contributed by atoms with van der Waals surface area (Å²) in [6.07, 6.45) is 0. The third kappa shape index (κ3) is 3.84. The molecule has 0 spiro atoms. The minimum absolute atomic E-state index is 0.170. The van der Waals surface area contributed by atoms with E-state index in [0.29, 0.717) is 5.03 Å². The lowest BCUT2D eigenvalue weighted by atomic mass is 10.4. The van der Waals surface area contributed by atoms with Crippen molar-refractivity contribution in [2.45, 2.75) is 18.9 Å². The Hall–Kier alpha value is -1.35. The molecule has 1 rings (SSSR count). The summed E-state index contributed by atoms with van der Waals surface area (Å²) in [5, 5.41) is 11.3. The van der Waals surface area contributed by atoms with Crippen molar-refractivity contribution in [2.24, 2.45) is 0 Å². The second-order valence-corrected chi connectivity index (χ2v) is 6.51. The van der Waals surface area contributed by atoms with Crippen LogP contribution in [0.25, 0.3) is 0 Å². The number of thioether (sulfide) groups is 1. The number of hydrogen-bond acceptors (Lipinski definition) is 6.